The van der Waals surface area contributed by atoms with Gasteiger partial charge in [0.05, 0.1) is 16.8 Å². The van der Waals surface area contributed by atoms with Crippen LogP contribution in [-0.2, 0) is 0 Å². The predicted molar refractivity (Wildman–Crippen MR) is 121 cm³/mol. The van der Waals surface area contributed by atoms with Crippen molar-refractivity contribution in [2.24, 2.45) is 10.2 Å². The molecule has 3 aromatic carbocycles. The van der Waals surface area contributed by atoms with Crippen molar-refractivity contribution < 1.29 is 14.4 Å². The molecule has 1 aromatic heterocycles. The number of hydrogen-bond donors (Lipinski definition) is 0. The number of ether oxygens (including phenoxy) is 2. The smallest absolute Gasteiger partial charge is 0.269 e. The van der Waals surface area contributed by atoms with Crippen LogP contribution >= 0.6 is 11.3 Å². The number of fused-ring (bicyclic) bond motifs is 1. The number of nitro groups is 1. The quantitative estimate of drug-likeness (QED) is 0.252. The summed E-state index contributed by atoms with van der Waals surface area (Å²) in [5, 5.41) is 21.7. The summed E-state index contributed by atoms with van der Waals surface area (Å²) < 4.78 is 12.7. The minimum atomic E-state index is -0.408. The third-order valence-electron chi connectivity index (χ3n) is 4.84. The Morgan fingerprint density at radius 2 is 1.78 bits per heavy atom. The zero-order valence-electron chi connectivity index (χ0n) is 16.6. The van der Waals surface area contributed by atoms with Crippen molar-refractivity contribution >= 4 is 23.2 Å². The van der Waals surface area contributed by atoms with Gasteiger partial charge < -0.3 is 9.47 Å². The van der Waals surface area contributed by atoms with Crippen LogP contribution in [0.1, 0.15) is 5.56 Å². The van der Waals surface area contributed by atoms with Crippen LogP contribution in [-0.4, -0.2) is 22.5 Å². The van der Waals surface area contributed by atoms with E-state index in [0.717, 1.165) is 22.5 Å². The molecule has 0 N–H and O–H groups in total. The third-order valence-corrected chi connectivity index (χ3v) is 5.66. The Bertz CT molecular complexity index is 1380. The highest BCUT2D eigenvalue weighted by Gasteiger charge is 2.13. The van der Waals surface area contributed by atoms with E-state index in [-0.39, 0.29) is 12.5 Å². The second-order valence-corrected chi connectivity index (χ2v) is 7.67. The van der Waals surface area contributed by atoms with Crippen molar-refractivity contribution in [2.75, 3.05) is 6.79 Å². The molecule has 2 heterocycles. The summed E-state index contributed by atoms with van der Waals surface area (Å²) in [6.07, 6.45) is 1.66. The number of hydrogen-bond acceptors (Lipinski definition) is 7. The molecular weight excluding hydrogens is 428 g/mol. The van der Waals surface area contributed by atoms with Crippen molar-refractivity contribution in [3.8, 4) is 28.4 Å². The molecule has 158 valence electrons. The van der Waals surface area contributed by atoms with Crippen LogP contribution in [0.5, 0.6) is 11.5 Å². The van der Waals surface area contributed by atoms with Crippen molar-refractivity contribution in [3.63, 3.8) is 0 Å². The zero-order chi connectivity index (χ0) is 21.9. The highest BCUT2D eigenvalue weighted by molar-refractivity contribution is 7.07. The Hall–Kier alpha value is -4.24. The summed E-state index contributed by atoms with van der Waals surface area (Å²) in [5.74, 6) is 1.40. The summed E-state index contributed by atoms with van der Waals surface area (Å²) >= 11 is 1.44. The summed E-state index contributed by atoms with van der Waals surface area (Å²) in [6.45, 7) is 0.220. The minimum absolute atomic E-state index is 0.0495. The molecule has 0 spiro atoms. The van der Waals surface area contributed by atoms with Crippen molar-refractivity contribution in [2.45, 2.75) is 0 Å². The van der Waals surface area contributed by atoms with Crippen LogP contribution in [0.15, 0.2) is 88.4 Å². The van der Waals surface area contributed by atoms with Gasteiger partial charge in [0.15, 0.2) is 11.5 Å². The van der Waals surface area contributed by atoms with Gasteiger partial charge in [-0.15, -0.1) is 16.4 Å². The average molecular weight is 444 g/mol. The van der Waals surface area contributed by atoms with Crippen molar-refractivity contribution in [1.29, 1.82) is 0 Å². The van der Waals surface area contributed by atoms with Crippen LogP contribution in [0.2, 0.25) is 0 Å². The maximum atomic E-state index is 11.0. The molecule has 0 amide bonds. The number of rotatable bonds is 5. The number of thiazole rings is 1. The fourth-order valence-electron chi connectivity index (χ4n) is 3.30. The molecular formula is C23H16N4O4S. The Morgan fingerprint density at radius 3 is 2.56 bits per heavy atom. The first-order valence-electron chi connectivity index (χ1n) is 9.66. The topological polar surface area (TPSA) is 91.2 Å². The molecule has 0 bridgehead atoms. The second kappa shape index (κ2) is 8.48. The van der Waals surface area contributed by atoms with Crippen LogP contribution in [0, 0.1) is 10.1 Å². The van der Waals surface area contributed by atoms with Gasteiger partial charge in [-0.25, -0.2) is 0 Å². The third kappa shape index (κ3) is 3.88. The molecule has 0 atom stereocenters. The van der Waals surface area contributed by atoms with E-state index in [1.807, 2.05) is 58.5 Å². The standard InChI is InChI=1S/C23H16N4O4S/c28-27(29)19-9-7-17(8-10-19)20-14-32-23(26(20)18-4-2-1-3-5-18)25-24-13-16-6-11-21-22(12-16)31-15-30-21/h1-14H,15H2/b24-13-,25-23-. The van der Waals surface area contributed by atoms with Crippen molar-refractivity contribution in [1.82, 2.24) is 4.57 Å². The molecule has 8 nitrogen and oxygen atoms in total. The van der Waals surface area contributed by atoms with Crippen LogP contribution in [0.4, 0.5) is 5.69 Å². The number of non-ortho nitro benzene ring substituents is 1. The lowest BCUT2D eigenvalue weighted by atomic mass is 10.1. The molecule has 9 heteroatoms. The van der Waals surface area contributed by atoms with Gasteiger partial charge in [0, 0.05) is 23.2 Å². The Kier molecular flexibility index (Phi) is 5.22. The molecule has 0 radical (unpaired) electrons. The number of nitro benzene ring substituents is 1. The van der Waals surface area contributed by atoms with Gasteiger partial charge in [0.25, 0.3) is 5.69 Å². The van der Waals surface area contributed by atoms with Gasteiger partial charge in [-0.05, 0) is 53.6 Å². The largest absolute Gasteiger partial charge is 0.454 e. The molecule has 32 heavy (non-hydrogen) atoms. The highest BCUT2D eigenvalue weighted by atomic mass is 32.1. The predicted octanol–water partition coefficient (Wildman–Crippen LogP) is 4.78. The molecule has 0 aliphatic carbocycles. The molecule has 4 aromatic rings. The normalized spacial score (nSPS) is 13.1. The molecule has 0 saturated heterocycles. The molecule has 0 saturated carbocycles. The summed E-state index contributed by atoms with van der Waals surface area (Å²) in [6, 6.07) is 21.8. The summed E-state index contributed by atoms with van der Waals surface area (Å²) in [7, 11) is 0. The summed E-state index contributed by atoms with van der Waals surface area (Å²) in [5.41, 5.74) is 3.52. The van der Waals surface area contributed by atoms with E-state index in [0.29, 0.717) is 16.3 Å². The van der Waals surface area contributed by atoms with E-state index in [9.17, 15) is 10.1 Å². The number of benzene rings is 3. The van der Waals surface area contributed by atoms with Gasteiger partial charge in [0.2, 0.25) is 11.6 Å². The number of para-hydroxylation sites is 1. The van der Waals surface area contributed by atoms with Gasteiger partial charge in [-0.1, -0.05) is 18.2 Å². The fourth-order valence-corrected chi connectivity index (χ4v) is 4.16. The van der Waals surface area contributed by atoms with E-state index in [1.165, 1.54) is 23.5 Å². The zero-order valence-corrected chi connectivity index (χ0v) is 17.4. The lowest BCUT2D eigenvalue weighted by Crippen LogP contribution is -2.13. The lowest BCUT2D eigenvalue weighted by molar-refractivity contribution is -0.384. The molecule has 1 aliphatic heterocycles. The van der Waals surface area contributed by atoms with Gasteiger partial charge in [-0.2, -0.15) is 5.10 Å². The number of nitrogens with zero attached hydrogens (tertiary/aromatic N) is 4. The van der Waals surface area contributed by atoms with E-state index in [2.05, 4.69) is 10.2 Å². The maximum Gasteiger partial charge on any atom is 0.269 e. The van der Waals surface area contributed by atoms with E-state index < -0.39 is 4.92 Å². The van der Waals surface area contributed by atoms with E-state index in [1.54, 1.807) is 18.3 Å². The minimum Gasteiger partial charge on any atom is -0.454 e. The second-order valence-electron chi connectivity index (χ2n) is 6.84. The highest BCUT2D eigenvalue weighted by Crippen LogP contribution is 2.32. The first-order chi connectivity index (χ1) is 15.7. The van der Waals surface area contributed by atoms with Gasteiger partial charge in [-0.3, -0.25) is 14.7 Å². The molecule has 5 rings (SSSR count). The van der Waals surface area contributed by atoms with Gasteiger partial charge >= 0.3 is 0 Å². The van der Waals surface area contributed by atoms with Crippen LogP contribution in [0.25, 0.3) is 16.9 Å². The lowest BCUT2D eigenvalue weighted by Gasteiger charge is -2.08. The van der Waals surface area contributed by atoms with Crippen molar-refractivity contribution in [3.05, 3.63) is 98.7 Å². The molecule has 0 fully saturated rings. The Morgan fingerprint density at radius 1 is 1.00 bits per heavy atom. The summed E-state index contributed by atoms with van der Waals surface area (Å²) in [4.78, 5) is 11.3. The van der Waals surface area contributed by atoms with Crippen LogP contribution < -0.4 is 14.3 Å². The van der Waals surface area contributed by atoms with E-state index in [4.69, 9.17) is 9.47 Å². The fraction of sp³-hybridized carbons (Fsp3) is 0.0435. The molecule has 0 unspecified atom stereocenters. The number of aromatic nitrogens is 1. The monoisotopic (exact) mass is 444 g/mol. The maximum absolute atomic E-state index is 11.0. The van der Waals surface area contributed by atoms with Crippen LogP contribution in [0.3, 0.4) is 0 Å². The first-order valence-corrected chi connectivity index (χ1v) is 10.5. The Balaban J connectivity index is 1.54. The SMILES string of the molecule is O=[N+]([O-])c1ccc(-c2cs/c(=N\N=C/c3ccc4c(c3)OCO4)n2-c2ccccc2)cc1. The molecule has 1 aliphatic rings. The first kappa shape index (κ1) is 19.7. The van der Waals surface area contributed by atoms with E-state index >= 15 is 0 Å². The Labute approximate surface area is 186 Å². The van der Waals surface area contributed by atoms with Gasteiger partial charge in [0.1, 0.15) is 0 Å². The average Bonchev–Trinajstić information content (AvgIpc) is 3.46.